The summed E-state index contributed by atoms with van der Waals surface area (Å²) in [6.45, 7) is 6.14. The fourth-order valence-corrected chi connectivity index (χ4v) is 3.88. The molecule has 1 aliphatic rings. The third kappa shape index (κ3) is 2.66. The quantitative estimate of drug-likeness (QED) is 0.916. The van der Waals surface area contributed by atoms with E-state index in [2.05, 4.69) is 31.3 Å². The van der Waals surface area contributed by atoms with Crippen LogP contribution in [-0.4, -0.2) is 5.91 Å². The first-order valence-electron chi connectivity index (χ1n) is 6.78. The van der Waals surface area contributed by atoms with Crippen LogP contribution in [0, 0.1) is 30.6 Å². The molecule has 1 heterocycles. The van der Waals surface area contributed by atoms with Gasteiger partial charge in [-0.25, -0.2) is 0 Å². The lowest BCUT2D eigenvalue weighted by Gasteiger charge is -2.22. The van der Waals surface area contributed by atoms with E-state index in [1.807, 2.05) is 6.92 Å². The van der Waals surface area contributed by atoms with Crippen molar-refractivity contribution in [3.8, 4) is 6.07 Å². The highest BCUT2D eigenvalue weighted by Gasteiger charge is 2.42. The smallest absolute Gasteiger partial charge is 0.240 e. The van der Waals surface area contributed by atoms with Gasteiger partial charge in [-0.15, -0.1) is 11.3 Å². The Labute approximate surface area is 118 Å². The maximum absolute atomic E-state index is 12.4. The Balaban J connectivity index is 2.11. The molecule has 0 radical (unpaired) electrons. The predicted octanol–water partition coefficient (Wildman–Crippen LogP) is 3.63. The second-order valence-corrected chi connectivity index (χ2v) is 6.93. The van der Waals surface area contributed by atoms with Gasteiger partial charge in [0.2, 0.25) is 5.91 Å². The van der Waals surface area contributed by atoms with Crippen LogP contribution in [0.1, 0.15) is 54.0 Å². The van der Waals surface area contributed by atoms with Gasteiger partial charge in [-0.2, -0.15) is 5.26 Å². The fourth-order valence-electron chi connectivity index (χ4n) is 2.86. The molecule has 1 aromatic rings. The largest absolute Gasteiger partial charge is 0.348 e. The predicted molar refractivity (Wildman–Crippen MR) is 76.9 cm³/mol. The summed E-state index contributed by atoms with van der Waals surface area (Å²) in [7, 11) is 0. The normalized spacial score (nSPS) is 18.8. The second-order valence-electron chi connectivity index (χ2n) is 5.46. The molecule has 3 nitrogen and oxygen atoms in total. The Morgan fingerprint density at radius 3 is 2.58 bits per heavy atom. The van der Waals surface area contributed by atoms with Crippen LogP contribution in [-0.2, 0) is 4.79 Å². The van der Waals surface area contributed by atoms with Gasteiger partial charge in [-0.3, -0.25) is 4.79 Å². The zero-order chi connectivity index (χ0) is 14.0. The summed E-state index contributed by atoms with van der Waals surface area (Å²) in [6, 6.07) is 4.34. The summed E-state index contributed by atoms with van der Waals surface area (Å²) in [5, 5.41) is 12.3. The molecule has 0 aromatic carbocycles. The molecule has 0 bridgehead atoms. The van der Waals surface area contributed by atoms with Crippen LogP contribution in [0.5, 0.6) is 0 Å². The number of rotatable bonds is 3. The van der Waals surface area contributed by atoms with Gasteiger partial charge in [0, 0.05) is 9.75 Å². The average Bonchev–Trinajstić information content (AvgIpc) is 2.96. The van der Waals surface area contributed by atoms with Crippen LogP contribution in [0.3, 0.4) is 0 Å². The molecule has 2 rings (SSSR count). The molecule has 0 spiro atoms. The molecule has 1 atom stereocenters. The molecule has 1 amide bonds. The molecule has 1 saturated carbocycles. The van der Waals surface area contributed by atoms with Crippen molar-refractivity contribution in [1.29, 1.82) is 5.26 Å². The van der Waals surface area contributed by atoms with Crippen LogP contribution in [0.25, 0.3) is 0 Å². The number of nitrogens with one attached hydrogen (secondary N) is 1. The molecule has 1 N–H and O–H groups in total. The van der Waals surface area contributed by atoms with E-state index in [0.717, 1.165) is 12.8 Å². The monoisotopic (exact) mass is 276 g/mol. The first-order chi connectivity index (χ1) is 8.98. The van der Waals surface area contributed by atoms with Gasteiger partial charge in [-0.1, -0.05) is 12.8 Å². The highest BCUT2D eigenvalue weighted by atomic mass is 32.1. The molecule has 0 saturated heterocycles. The Morgan fingerprint density at radius 1 is 1.47 bits per heavy atom. The maximum atomic E-state index is 12.4. The summed E-state index contributed by atoms with van der Waals surface area (Å²) in [4.78, 5) is 14.9. The SMILES string of the molecule is Cc1cc(C(C)NC(=O)C2(C#N)CCCC2)c(C)s1. The van der Waals surface area contributed by atoms with Crippen molar-refractivity contribution in [2.45, 2.75) is 52.5 Å². The van der Waals surface area contributed by atoms with E-state index in [1.165, 1.54) is 15.3 Å². The molecule has 1 aliphatic carbocycles. The number of carbonyl (C=O) groups excluding carboxylic acids is 1. The standard InChI is InChI=1S/C15H20N2OS/c1-10-8-13(12(3)19-10)11(2)17-14(18)15(9-16)6-4-5-7-15/h8,11H,4-7H2,1-3H3,(H,17,18). The molecule has 19 heavy (non-hydrogen) atoms. The van der Waals surface area contributed by atoms with Crippen molar-refractivity contribution >= 4 is 17.2 Å². The molecule has 1 aromatic heterocycles. The Hall–Kier alpha value is -1.34. The van der Waals surface area contributed by atoms with Crippen molar-refractivity contribution in [2.75, 3.05) is 0 Å². The number of aryl methyl sites for hydroxylation is 2. The maximum Gasteiger partial charge on any atom is 0.240 e. The van der Waals surface area contributed by atoms with Crippen LogP contribution < -0.4 is 5.32 Å². The Kier molecular flexibility index (Phi) is 3.96. The minimum Gasteiger partial charge on any atom is -0.348 e. The number of nitrogens with zero attached hydrogens (tertiary/aromatic N) is 1. The molecular weight excluding hydrogens is 256 g/mol. The number of amides is 1. The van der Waals surface area contributed by atoms with Gasteiger partial charge in [0.1, 0.15) is 5.41 Å². The second kappa shape index (κ2) is 5.34. The first kappa shape index (κ1) is 14.1. The summed E-state index contributed by atoms with van der Waals surface area (Å²) in [5.74, 6) is -0.0942. The number of hydrogen-bond acceptors (Lipinski definition) is 3. The van der Waals surface area contributed by atoms with Crippen molar-refractivity contribution < 1.29 is 4.79 Å². The van der Waals surface area contributed by atoms with Crippen molar-refractivity contribution in [3.63, 3.8) is 0 Å². The van der Waals surface area contributed by atoms with Gasteiger partial charge < -0.3 is 5.32 Å². The van der Waals surface area contributed by atoms with E-state index in [1.54, 1.807) is 11.3 Å². The number of hydrogen-bond donors (Lipinski definition) is 1. The topological polar surface area (TPSA) is 52.9 Å². The van der Waals surface area contributed by atoms with E-state index < -0.39 is 5.41 Å². The molecule has 4 heteroatoms. The third-order valence-electron chi connectivity index (χ3n) is 4.00. The van der Waals surface area contributed by atoms with Crippen molar-refractivity contribution in [3.05, 3.63) is 21.4 Å². The zero-order valence-corrected chi connectivity index (χ0v) is 12.6. The van der Waals surface area contributed by atoms with Gasteiger partial charge >= 0.3 is 0 Å². The zero-order valence-electron chi connectivity index (χ0n) is 11.7. The molecule has 102 valence electrons. The number of carbonyl (C=O) groups is 1. The lowest BCUT2D eigenvalue weighted by molar-refractivity contribution is -0.128. The number of nitriles is 1. The first-order valence-corrected chi connectivity index (χ1v) is 7.59. The average molecular weight is 276 g/mol. The van der Waals surface area contributed by atoms with Gasteiger partial charge in [-0.05, 0) is 45.2 Å². The minimum absolute atomic E-state index is 0.0247. The summed E-state index contributed by atoms with van der Waals surface area (Å²) < 4.78 is 0. The Morgan fingerprint density at radius 2 is 2.11 bits per heavy atom. The van der Waals surface area contributed by atoms with Gasteiger partial charge in [0.25, 0.3) is 0 Å². The van der Waals surface area contributed by atoms with E-state index in [9.17, 15) is 10.1 Å². The van der Waals surface area contributed by atoms with Gasteiger partial charge in [0.15, 0.2) is 0 Å². The minimum atomic E-state index is -0.784. The van der Waals surface area contributed by atoms with E-state index >= 15 is 0 Å². The van der Waals surface area contributed by atoms with Gasteiger partial charge in [0.05, 0.1) is 12.1 Å². The lowest BCUT2D eigenvalue weighted by Crippen LogP contribution is -2.39. The summed E-state index contributed by atoms with van der Waals surface area (Å²) >= 11 is 1.75. The van der Waals surface area contributed by atoms with E-state index in [4.69, 9.17) is 0 Å². The summed E-state index contributed by atoms with van der Waals surface area (Å²) in [5.41, 5.74) is 0.384. The van der Waals surface area contributed by atoms with Crippen LogP contribution in [0.2, 0.25) is 0 Å². The Bertz CT molecular complexity index is 521. The van der Waals surface area contributed by atoms with Crippen LogP contribution in [0.4, 0.5) is 0 Å². The van der Waals surface area contributed by atoms with E-state index in [-0.39, 0.29) is 11.9 Å². The van der Waals surface area contributed by atoms with Crippen molar-refractivity contribution in [1.82, 2.24) is 5.32 Å². The molecule has 0 aliphatic heterocycles. The third-order valence-corrected chi connectivity index (χ3v) is 4.98. The summed E-state index contributed by atoms with van der Waals surface area (Å²) in [6.07, 6.45) is 3.35. The highest BCUT2D eigenvalue weighted by Crippen LogP contribution is 2.38. The molecule has 1 unspecified atom stereocenters. The van der Waals surface area contributed by atoms with E-state index in [0.29, 0.717) is 12.8 Å². The molecular formula is C15H20N2OS. The lowest BCUT2D eigenvalue weighted by atomic mass is 9.86. The van der Waals surface area contributed by atoms with Crippen LogP contribution in [0.15, 0.2) is 6.07 Å². The van der Waals surface area contributed by atoms with Crippen LogP contribution >= 0.6 is 11.3 Å². The fraction of sp³-hybridized carbons (Fsp3) is 0.600. The highest BCUT2D eigenvalue weighted by molar-refractivity contribution is 7.12. The van der Waals surface area contributed by atoms with Crippen molar-refractivity contribution in [2.24, 2.45) is 5.41 Å². The number of thiophene rings is 1. The molecule has 1 fully saturated rings.